The number of aryl methyl sites for hydroxylation is 1. The monoisotopic (exact) mass is 392 g/mol. The Hall–Kier alpha value is -1.93. The summed E-state index contributed by atoms with van der Waals surface area (Å²) < 4.78 is 7.37. The molecule has 2 aromatic heterocycles. The zero-order valence-electron chi connectivity index (χ0n) is 17.1. The van der Waals surface area contributed by atoms with E-state index in [9.17, 15) is 0 Å². The van der Waals surface area contributed by atoms with Crippen LogP contribution in [0.2, 0.25) is 0 Å². The Labute approximate surface area is 166 Å². The number of nitrogens with one attached hydrogen (secondary N) is 2. The molecule has 8 heteroatoms. The highest BCUT2D eigenvalue weighted by molar-refractivity contribution is 7.10. The fraction of sp³-hybridized carbons (Fsp3) is 0.632. The summed E-state index contributed by atoms with van der Waals surface area (Å²) in [4.78, 5) is 6.06. The predicted octanol–water partition coefficient (Wildman–Crippen LogP) is 2.62. The lowest BCUT2D eigenvalue weighted by Crippen LogP contribution is -2.43. The van der Waals surface area contributed by atoms with Gasteiger partial charge in [-0.15, -0.1) is 21.5 Å². The van der Waals surface area contributed by atoms with Crippen LogP contribution in [-0.4, -0.2) is 47.0 Å². The lowest BCUT2D eigenvalue weighted by Gasteiger charge is -2.25. The van der Waals surface area contributed by atoms with Crippen LogP contribution < -0.4 is 10.6 Å². The molecule has 0 saturated carbocycles. The van der Waals surface area contributed by atoms with E-state index in [1.165, 1.54) is 4.88 Å². The van der Waals surface area contributed by atoms with Crippen LogP contribution in [0.1, 0.15) is 43.7 Å². The molecule has 0 atom stereocenters. The second-order valence-electron chi connectivity index (χ2n) is 7.08. The number of nitrogens with zero attached hydrogens (tertiary/aromatic N) is 4. The highest BCUT2D eigenvalue weighted by Crippen LogP contribution is 2.26. The topological polar surface area (TPSA) is 76.4 Å². The summed E-state index contributed by atoms with van der Waals surface area (Å²) in [6.07, 6.45) is 0.936. The minimum atomic E-state index is 0.0311. The molecule has 0 aliphatic carbocycles. The van der Waals surface area contributed by atoms with Crippen molar-refractivity contribution in [2.45, 2.75) is 46.1 Å². The molecular weight excluding hydrogens is 360 g/mol. The van der Waals surface area contributed by atoms with E-state index >= 15 is 0 Å². The number of hydrogen-bond donors (Lipinski definition) is 2. The fourth-order valence-electron chi connectivity index (χ4n) is 2.49. The highest BCUT2D eigenvalue weighted by Gasteiger charge is 2.22. The number of aromatic nitrogens is 3. The average Bonchev–Trinajstić information content (AvgIpc) is 3.29. The summed E-state index contributed by atoms with van der Waals surface area (Å²) in [5.41, 5.74) is 0.0311. The molecule has 2 N–H and O–H groups in total. The SMILES string of the molecule is CCOCCCNC(=NCc1nnc(C)n1C)NCC(C)(C)c1cccs1. The van der Waals surface area contributed by atoms with Gasteiger partial charge >= 0.3 is 0 Å². The summed E-state index contributed by atoms with van der Waals surface area (Å²) in [6, 6.07) is 4.28. The maximum Gasteiger partial charge on any atom is 0.191 e. The number of ether oxygens (including phenoxy) is 1. The molecule has 2 heterocycles. The van der Waals surface area contributed by atoms with Crippen LogP contribution in [-0.2, 0) is 23.7 Å². The van der Waals surface area contributed by atoms with E-state index in [-0.39, 0.29) is 5.41 Å². The first kappa shape index (κ1) is 21.4. The lowest BCUT2D eigenvalue weighted by atomic mass is 9.91. The van der Waals surface area contributed by atoms with Crippen LogP contribution >= 0.6 is 11.3 Å². The van der Waals surface area contributed by atoms with Gasteiger partial charge in [-0.25, -0.2) is 4.99 Å². The Morgan fingerprint density at radius 3 is 2.78 bits per heavy atom. The summed E-state index contributed by atoms with van der Waals surface area (Å²) >= 11 is 1.79. The second-order valence-corrected chi connectivity index (χ2v) is 8.03. The summed E-state index contributed by atoms with van der Waals surface area (Å²) in [6.45, 7) is 12.0. The van der Waals surface area contributed by atoms with Crippen LogP contribution in [0.25, 0.3) is 0 Å². The van der Waals surface area contributed by atoms with Crippen LogP contribution in [0.3, 0.4) is 0 Å². The third-order valence-corrected chi connectivity index (χ3v) is 5.65. The molecular formula is C19H32N6OS. The van der Waals surface area contributed by atoms with Crippen molar-refractivity contribution >= 4 is 17.3 Å². The van der Waals surface area contributed by atoms with E-state index in [0.717, 1.165) is 50.3 Å². The smallest absolute Gasteiger partial charge is 0.191 e. The molecule has 7 nitrogen and oxygen atoms in total. The second kappa shape index (κ2) is 10.4. The Morgan fingerprint density at radius 2 is 2.15 bits per heavy atom. The largest absolute Gasteiger partial charge is 0.382 e. The standard InChI is InChI=1S/C19H32N6OS/c1-6-26-11-8-10-20-18(21-13-17-24-23-15(2)25(17)5)22-14-19(3,4)16-9-7-12-27-16/h7,9,12H,6,8,10-11,13-14H2,1-5H3,(H2,20,21,22). The van der Waals surface area contributed by atoms with Gasteiger partial charge in [-0.3, -0.25) is 0 Å². The van der Waals surface area contributed by atoms with E-state index in [1.807, 2.05) is 25.5 Å². The van der Waals surface area contributed by atoms with Gasteiger partial charge in [0.2, 0.25) is 0 Å². The van der Waals surface area contributed by atoms with Gasteiger partial charge in [0.15, 0.2) is 11.8 Å². The summed E-state index contributed by atoms with van der Waals surface area (Å²) in [5.74, 6) is 2.52. The van der Waals surface area contributed by atoms with Crippen LogP contribution in [0.5, 0.6) is 0 Å². The zero-order valence-corrected chi connectivity index (χ0v) is 17.9. The molecule has 2 rings (SSSR count). The number of aliphatic imine (C=N–C) groups is 1. The number of rotatable bonds is 10. The van der Waals surface area contributed by atoms with Crippen LogP contribution in [0.15, 0.2) is 22.5 Å². The highest BCUT2D eigenvalue weighted by atomic mass is 32.1. The molecule has 0 aromatic carbocycles. The van der Waals surface area contributed by atoms with E-state index in [4.69, 9.17) is 9.73 Å². The van der Waals surface area contributed by atoms with Crippen molar-refractivity contribution in [2.75, 3.05) is 26.3 Å². The normalized spacial score (nSPS) is 12.4. The molecule has 0 saturated heterocycles. The minimum absolute atomic E-state index is 0.0311. The molecule has 0 spiro atoms. The van der Waals surface area contributed by atoms with E-state index in [1.54, 1.807) is 11.3 Å². The Bertz CT molecular complexity index is 708. The Kier molecular flexibility index (Phi) is 8.24. The van der Waals surface area contributed by atoms with Gasteiger partial charge in [-0.05, 0) is 31.7 Å². The van der Waals surface area contributed by atoms with Gasteiger partial charge in [0.1, 0.15) is 12.4 Å². The molecule has 0 aliphatic rings. The first-order valence-corrected chi connectivity index (χ1v) is 10.3. The molecule has 150 valence electrons. The van der Waals surface area contributed by atoms with Gasteiger partial charge in [-0.2, -0.15) is 0 Å². The fourth-order valence-corrected chi connectivity index (χ4v) is 3.35. The van der Waals surface area contributed by atoms with Gasteiger partial charge < -0.3 is 19.9 Å². The molecule has 0 unspecified atom stereocenters. The maximum absolute atomic E-state index is 5.41. The number of thiophene rings is 1. The molecule has 0 amide bonds. The van der Waals surface area contributed by atoms with Gasteiger partial charge in [-0.1, -0.05) is 19.9 Å². The van der Waals surface area contributed by atoms with Gasteiger partial charge in [0, 0.05) is 43.6 Å². The number of guanidine groups is 1. The van der Waals surface area contributed by atoms with Crippen molar-refractivity contribution in [3.63, 3.8) is 0 Å². The molecule has 0 radical (unpaired) electrons. The van der Waals surface area contributed by atoms with Crippen molar-refractivity contribution in [1.82, 2.24) is 25.4 Å². The molecule has 0 fully saturated rings. The first-order chi connectivity index (χ1) is 12.9. The maximum atomic E-state index is 5.41. The predicted molar refractivity (Wildman–Crippen MR) is 111 cm³/mol. The number of hydrogen-bond acceptors (Lipinski definition) is 5. The van der Waals surface area contributed by atoms with Crippen LogP contribution in [0, 0.1) is 6.92 Å². The quantitative estimate of drug-likeness (QED) is 0.369. The molecule has 0 aliphatic heterocycles. The van der Waals surface area contributed by atoms with Crippen molar-refractivity contribution < 1.29 is 4.74 Å². The van der Waals surface area contributed by atoms with Crippen molar-refractivity contribution in [3.05, 3.63) is 34.0 Å². The van der Waals surface area contributed by atoms with E-state index < -0.39 is 0 Å². The Morgan fingerprint density at radius 1 is 1.33 bits per heavy atom. The van der Waals surface area contributed by atoms with Gasteiger partial charge in [0.25, 0.3) is 0 Å². The average molecular weight is 393 g/mol. The van der Waals surface area contributed by atoms with Crippen molar-refractivity contribution in [1.29, 1.82) is 0 Å². The Balaban J connectivity index is 1.97. The third-order valence-electron chi connectivity index (χ3n) is 4.41. The van der Waals surface area contributed by atoms with E-state index in [2.05, 4.69) is 52.2 Å². The van der Waals surface area contributed by atoms with Gasteiger partial charge in [0.05, 0.1) is 0 Å². The molecule has 0 bridgehead atoms. The van der Waals surface area contributed by atoms with Crippen LogP contribution in [0.4, 0.5) is 0 Å². The summed E-state index contributed by atoms with van der Waals surface area (Å²) in [7, 11) is 1.96. The van der Waals surface area contributed by atoms with E-state index in [0.29, 0.717) is 6.54 Å². The van der Waals surface area contributed by atoms with Crippen molar-refractivity contribution in [3.8, 4) is 0 Å². The molecule has 2 aromatic rings. The third kappa shape index (κ3) is 6.62. The minimum Gasteiger partial charge on any atom is -0.382 e. The molecule has 27 heavy (non-hydrogen) atoms. The van der Waals surface area contributed by atoms with Crippen molar-refractivity contribution in [2.24, 2.45) is 12.0 Å². The summed E-state index contributed by atoms with van der Waals surface area (Å²) in [5, 5.41) is 17.3. The zero-order chi connectivity index (χ0) is 19.7. The first-order valence-electron chi connectivity index (χ1n) is 9.43. The lowest BCUT2D eigenvalue weighted by molar-refractivity contribution is 0.145.